The van der Waals surface area contributed by atoms with Crippen LogP contribution < -0.4 is 5.32 Å². The summed E-state index contributed by atoms with van der Waals surface area (Å²) in [6, 6.07) is 0.225. The van der Waals surface area contributed by atoms with E-state index in [1.54, 1.807) is 0 Å². The number of hydrogen-bond acceptors (Lipinski definition) is 2. The van der Waals surface area contributed by atoms with Crippen molar-refractivity contribution in [3.05, 3.63) is 11.6 Å². The van der Waals surface area contributed by atoms with E-state index in [0.717, 1.165) is 19.4 Å². The largest absolute Gasteiger partial charge is 0.391 e. The number of allylic oxidation sites excluding steroid dienone is 1. The van der Waals surface area contributed by atoms with Gasteiger partial charge in [0.25, 0.3) is 0 Å². The molecule has 0 saturated heterocycles. The molecule has 0 bridgehead atoms. The van der Waals surface area contributed by atoms with Crippen molar-refractivity contribution in [3.8, 4) is 0 Å². The normalized spacial score (nSPS) is 22.2. The molecule has 1 fully saturated rings. The zero-order valence-electron chi connectivity index (χ0n) is 17.9. The molecule has 26 heavy (non-hydrogen) atoms. The van der Waals surface area contributed by atoms with Gasteiger partial charge in [0.15, 0.2) is 0 Å². The fraction of sp³-hybridized carbons (Fsp3) is 0.917. The first-order valence-electron chi connectivity index (χ1n) is 11.9. The molecule has 154 valence electrons. The molecular formula is C24H47NO. The van der Waals surface area contributed by atoms with Crippen molar-refractivity contribution >= 4 is 0 Å². The number of rotatable bonds is 16. The zero-order valence-corrected chi connectivity index (χ0v) is 17.9. The summed E-state index contributed by atoms with van der Waals surface area (Å²) in [7, 11) is 0. The quantitative estimate of drug-likeness (QED) is 0.230. The van der Waals surface area contributed by atoms with E-state index in [1.165, 1.54) is 102 Å². The summed E-state index contributed by atoms with van der Waals surface area (Å²) in [5.74, 6) is 0. The Bertz CT molecular complexity index is 339. The van der Waals surface area contributed by atoms with Gasteiger partial charge in [0.2, 0.25) is 0 Å². The van der Waals surface area contributed by atoms with E-state index in [0.29, 0.717) is 0 Å². The summed E-state index contributed by atoms with van der Waals surface area (Å²) < 4.78 is 0. The molecule has 2 atom stereocenters. The van der Waals surface area contributed by atoms with Gasteiger partial charge in [-0.25, -0.2) is 0 Å². The minimum Gasteiger partial charge on any atom is -0.391 e. The number of aliphatic hydroxyl groups excluding tert-OH is 1. The second kappa shape index (κ2) is 16.8. The maximum atomic E-state index is 10.3. The summed E-state index contributed by atoms with van der Waals surface area (Å²) >= 11 is 0. The lowest BCUT2D eigenvalue weighted by molar-refractivity contribution is 0.115. The SMILES string of the molecule is CCCCCCCCCCCCC/C=C1/CCC[C@H](O)[C@H]1NCCCC. The van der Waals surface area contributed by atoms with Crippen molar-refractivity contribution < 1.29 is 5.11 Å². The molecule has 0 aliphatic heterocycles. The molecule has 0 aromatic carbocycles. The van der Waals surface area contributed by atoms with Gasteiger partial charge in [-0.3, -0.25) is 0 Å². The Balaban J connectivity index is 2.06. The summed E-state index contributed by atoms with van der Waals surface area (Å²) in [5.41, 5.74) is 1.48. The molecule has 2 heteroatoms. The first kappa shape index (κ1) is 23.7. The highest BCUT2D eigenvalue weighted by Crippen LogP contribution is 2.25. The molecule has 2 N–H and O–H groups in total. The fourth-order valence-corrected chi connectivity index (χ4v) is 4.11. The molecule has 0 radical (unpaired) electrons. The zero-order chi connectivity index (χ0) is 18.9. The molecule has 1 aliphatic rings. The Kier molecular flexibility index (Phi) is 15.3. The second-order valence-electron chi connectivity index (χ2n) is 8.35. The molecule has 0 aromatic heterocycles. The van der Waals surface area contributed by atoms with Crippen LogP contribution in [0.2, 0.25) is 0 Å². The highest BCUT2D eigenvalue weighted by Gasteiger charge is 2.26. The van der Waals surface area contributed by atoms with E-state index in [9.17, 15) is 5.11 Å². The summed E-state index contributed by atoms with van der Waals surface area (Å²) in [6.07, 6.45) is 24.7. The lowest BCUT2D eigenvalue weighted by Crippen LogP contribution is -2.44. The summed E-state index contributed by atoms with van der Waals surface area (Å²) in [4.78, 5) is 0. The van der Waals surface area contributed by atoms with Crippen LogP contribution in [0.3, 0.4) is 0 Å². The predicted octanol–water partition coefficient (Wildman–Crippen LogP) is 6.92. The predicted molar refractivity (Wildman–Crippen MR) is 116 cm³/mol. The van der Waals surface area contributed by atoms with Gasteiger partial charge in [0.05, 0.1) is 12.1 Å². The first-order valence-corrected chi connectivity index (χ1v) is 11.9. The molecule has 0 spiro atoms. The molecule has 1 saturated carbocycles. The van der Waals surface area contributed by atoms with Crippen molar-refractivity contribution in [1.29, 1.82) is 0 Å². The van der Waals surface area contributed by atoms with Crippen molar-refractivity contribution in [2.24, 2.45) is 0 Å². The van der Waals surface area contributed by atoms with Gasteiger partial charge < -0.3 is 10.4 Å². The van der Waals surface area contributed by atoms with Crippen LogP contribution in [-0.4, -0.2) is 23.8 Å². The average Bonchev–Trinajstić information content (AvgIpc) is 2.64. The Morgan fingerprint density at radius 2 is 1.42 bits per heavy atom. The van der Waals surface area contributed by atoms with E-state index in [1.807, 2.05) is 0 Å². The Labute approximate surface area is 164 Å². The van der Waals surface area contributed by atoms with Crippen LogP contribution in [0.4, 0.5) is 0 Å². The summed E-state index contributed by atoms with van der Waals surface area (Å²) in [6.45, 7) is 5.55. The van der Waals surface area contributed by atoms with Gasteiger partial charge in [-0.15, -0.1) is 0 Å². The van der Waals surface area contributed by atoms with Crippen molar-refractivity contribution in [3.63, 3.8) is 0 Å². The maximum absolute atomic E-state index is 10.3. The number of nitrogens with one attached hydrogen (secondary N) is 1. The summed E-state index contributed by atoms with van der Waals surface area (Å²) in [5, 5.41) is 13.9. The Morgan fingerprint density at radius 1 is 0.846 bits per heavy atom. The van der Waals surface area contributed by atoms with Gasteiger partial charge in [-0.05, 0) is 45.1 Å². The van der Waals surface area contributed by atoms with Crippen LogP contribution >= 0.6 is 0 Å². The lowest BCUT2D eigenvalue weighted by atomic mass is 9.86. The molecular weight excluding hydrogens is 318 g/mol. The number of unbranched alkanes of at least 4 members (excludes halogenated alkanes) is 12. The van der Waals surface area contributed by atoms with Gasteiger partial charge >= 0.3 is 0 Å². The second-order valence-corrected chi connectivity index (χ2v) is 8.35. The minimum absolute atomic E-state index is 0.177. The third-order valence-electron chi connectivity index (χ3n) is 5.86. The molecule has 0 amide bonds. The molecule has 0 aromatic rings. The van der Waals surface area contributed by atoms with Crippen LogP contribution in [-0.2, 0) is 0 Å². The van der Waals surface area contributed by atoms with Gasteiger partial charge in [0.1, 0.15) is 0 Å². The Hall–Kier alpha value is -0.340. The highest BCUT2D eigenvalue weighted by atomic mass is 16.3. The molecule has 1 rings (SSSR count). The third-order valence-corrected chi connectivity index (χ3v) is 5.86. The van der Waals surface area contributed by atoms with Crippen molar-refractivity contribution in [2.45, 2.75) is 135 Å². The Morgan fingerprint density at radius 3 is 2.04 bits per heavy atom. The molecule has 1 aliphatic carbocycles. The number of aliphatic hydroxyl groups is 1. The van der Waals surface area contributed by atoms with Crippen molar-refractivity contribution in [2.75, 3.05) is 6.54 Å². The smallest absolute Gasteiger partial charge is 0.0731 e. The molecule has 2 nitrogen and oxygen atoms in total. The van der Waals surface area contributed by atoms with E-state index < -0.39 is 0 Å². The van der Waals surface area contributed by atoms with Crippen LogP contribution in [0.5, 0.6) is 0 Å². The van der Waals surface area contributed by atoms with Crippen LogP contribution in [0, 0.1) is 0 Å². The van der Waals surface area contributed by atoms with E-state index in [2.05, 4.69) is 25.2 Å². The van der Waals surface area contributed by atoms with Crippen molar-refractivity contribution in [1.82, 2.24) is 5.32 Å². The van der Waals surface area contributed by atoms with Gasteiger partial charge in [-0.1, -0.05) is 96.1 Å². The maximum Gasteiger partial charge on any atom is 0.0731 e. The molecule has 0 unspecified atom stereocenters. The highest BCUT2D eigenvalue weighted by molar-refractivity contribution is 5.16. The first-order chi connectivity index (χ1) is 12.8. The van der Waals surface area contributed by atoms with E-state index in [4.69, 9.17) is 0 Å². The van der Waals surface area contributed by atoms with E-state index >= 15 is 0 Å². The fourth-order valence-electron chi connectivity index (χ4n) is 4.11. The number of hydrogen-bond donors (Lipinski definition) is 2. The average molecular weight is 366 g/mol. The third kappa shape index (κ3) is 11.4. The van der Waals surface area contributed by atoms with E-state index in [-0.39, 0.29) is 12.1 Å². The van der Waals surface area contributed by atoms with Crippen LogP contribution in [0.25, 0.3) is 0 Å². The minimum atomic E-state index is -0.177. The standard InChI is InChI=1S/C24H47NO/c1-3-5-7-8-9-10-11-12-13-14-15-16-18-22-19-17-20-23(26)24(22)25-21-6-4-2/h18,23-26H,3-17,19-21H2,1-2H3/b22-18-/t23-,24-/m0/s1. The molecule has 0 heterocycles. The van der Waals surface area contributed by atoms with Gasteiger partial charge in [0, 0.05) is 0 Å². The van der Waals surface area contributed by atoms with Crippen LogP contribution in [0.1, 0.15) is 123 Å². The topological polar surface area (TPSA) is 32.3 Å². The lowest BCUT2D eigenvalue weighted by Gasteiger charge is -2.31. The monoisotopic (exact) mass is 365 g/mol. The van der Waals surface area contributed by atoms with Gasteiger partial charge in [-0.2, -0.15) is 0 Å². The van der Waals surface area contributed by atoms with Crippen LogP contribution in [0.15, 0.2) is 11.6 Å².